The number of hydrogen-bond donors (Lipinski definition) is 0. The Labute approximate surface area is 349 Å². The van der Waals surface area contributed by atoms with Crippen LogP contribution in [0.25, 0.3) is 88.3 Å². The summed E-state index contributed by atoms with van der Waals surface area (Å²) in [4.78, 5) is 2.35. The van der Waals surface area contributed by atoms with Gasteiger partial charge in [-0.2, -0.15) is 0 Å². The van der Waals surface area contributed by atoms with E-state index in [9.17, 15) is 0 Å². The first-order valence-corrected chi connectivity index (χ1v) is 20.5. The molecule has 1 aromatic heterocycles. The molecule has 11 rings (SSSR count). The van der Waals surface area contributed by atoms with Crippen LogP contribution in [0, 0.1) is 0 Å². The van der Waals surface area contributed by atoms with E-state index in [4.69, 9.17) is 4.42 Å². The first-order chi connectivity index (χ1) is 29.7. The average molecular weight is 766 g/mol. The summed E-state index contributed by atoms with van der Waals surface area (Å²) in [5.74, 6) is 0. The van der Waals surface area contributed by atoms with E-state index in [1.807, 2.05) is 12.1 Å². The van der Waals surface area contributed by atoms with Gasteiger partial charge in [0.2, 0.25) is 0 Å². The van der Waals surface area contributed by atoms with Crippen molar-refractivity contribution in [3.63, 3.8) is 0 Å². The molecule has 2 nitrogen and oxygen atoms in total. The molecule has 0 aliphatic carbocycles. The van der Waals surface area contributed by atoms with Crippen LogP contribution in [0.5, 0.6) is 0 Å². The molecule has 0 spiro atoms. The van der Waals surface area contributed by atoms with Gasteiger partial charge >= 0.3 is 0 Å². The van der Waals surface area contributed by atoms with Gasteiger partial charge in [0.05, 0.1) is 0 Å². The van der Waals surface area contributed by atoms with Gasteiger partial charge in [0, 0.05) is 33.4 Å². The van der Waals surface area contributed by atoms with Gasteiger partial charge in [-0.3, -0.25) is 0 Å². The molecule has 0 fully saturated rings. The van der Waals surface area contributed by atoms with Crippen molar-refractivity contribution in [2.24, 2.45) is 0 Å². The van der Waals surface area contributed by atoms with Crippen molar-refractivity contribution in [3.05, 3.63) is 237 Å². The van der Waals surface area contributed by atoms with E-state index in [0.29, 0.717) is 0 Å². The predicted molar refractivity (Wildman–Crippen MR) is 253 cm³/mol. The summed E-state index contributed by atoms with van der Waals surface area (Å²) in [5, 5.41) is 4.76. The molecule has 0 aliphatic heterocycles. The lowest BCUT2D eigenvalue weighted by molar-refractivity contribution is 0.670. The largest absolute Gasteiger partial charge is 0.455 e. The number of hydrogen-bond acceptors (Lipinski definition) is 2. The van der Waals surface area contributed by atoms with Crippen molar-refractivity contribution in [2.75, 3.05) is 4.90 Å². The lowest BCUT2D eigenvalue weighted by Gasteiger charge is -2.26. The minimum atomic E-state index is 0.904. The van der Waals surface area contributed by atoms with Crippen LogP contribution in [0.15, 0.2) is 241 Å². The highest BCUT2D eigenvalue weighted by Gasteiger charge is 2.17. The molecular formula is C58H39NO. The van der Waals surface area contributed by atoms with Crippen LogP contribution in [0.4, 0.5) is 17.1 Å². The van der Waals surface area contributed by atoms with E-state index < -0.39 is 0 Å². The Morgan fingerprint density at radius 3 is 1.28 bits per heavy atom. The van der Waals surface area contributed by atoms with E-state index in [1.54, 1.807) is 0 Å². The van der Waals surface area contributed by atoms with E-state index in [1.165, 1.54) is 49.7 Å². The summed E-state index contributed by atoms with van der Waals surface area (Å²) in [5.41, 5.74) is 16.8. The first kappa shape index (κ1) is 35.2. The topological polar surface area (TPSA) is 16.4 Å². The number of benzene rings is 10. The van der Waals surface area contributed by atoms with Gasteiger partial charge in [-0.15, -0.1) is 0 Å². The van der Waals surface area contributed by atoms with E-state index in [2.05, 4.69) is 229 Å². The van der Waals surface area contributed by atoms with Gasteiger partial charge in [-0.25, -0.2) is 0 Å². The summed E-state index contributed by atoms with van der Waals surface area (Å²) in [6.45, 7) is 0. The molecule has 0 radical (unpaired) electrons. The van der Waals surface area contributed by atoms with Crippen LogP contribution in [0.3, 0.4) is 0 Å². The van der Waals surface area contributed by atoms with Crippen molar-refractivity contribution in [1.82, 2.24) is 0 Å². The molecule has 0 atom stereocenters. The highest BCUT2D eigenvalue weighted by molar-refractivity contribution is 6.09. The van der Waals surface area contributed by atoms with Crippen LogP contribution in [0.1, 0.15) is 0 Å². The van der Waals surface area contributed by atoms with Gasteiger partial charge in [0.1, 0.15) is 11.2 Å². The zero-order valence-electron chi connectivity index (χ0n) is 32.9. The number of furan rings is 1. The molecule has 1 heterocycles. The lowest BCUT2D eigenvalue weighted by Crippen LogP contribution is -2.09. The Morgan fingerprint density at radius 1 is 0.267 bits per heavy atom. The fourth-order valence-corrected chi connectivity index (χ4v) is 8.67. The molecular weight excluding hydrogens is 727 g/mol. The van der Waals surface area contributed by atoms with Crippen LogP contribution < -0.4 is 4.90 Å². The molecule has 0 saturated heterocycles. The maximum atomic E-state index is 6.43. The van der Waals surface area contributed by atoms with Crippen molar-refractivity contribution in [1.29, 1.82) is 0 Å². The van der Waals surface area contributed by atoms with Crippen molar-refractivity contribution >= 4 is 49.8 Å². The van der Waals surface area contributed by atoms with Gasteiger partial charge in [0.25, 0.3) is 0 Å². The maximum Gasteiger partial charge on any atom is 0.143 e. The van der Waals surface area contributed by atoms with Gasteiger partial charge in [-0.1, -0.05) is 176 Å². The molecule has 11 aromatic rings. The summed E-state index contributed by atoms with van der Waals surface area (Å²) in [6.07, 6.45) is 0. The molecule has 2 heteroatoms. The zero-order valence-corrected chi connectivity index (χ0v) is 32.9. The molecule has 0 aliphatic rings. The molecule has 0 unspecified atom stereocenters. The highest BCUT2D eigenvalue weighted by Crippen LogP contribution is 2.41. The van der Waals surface area contributed by atoms with E-state index in [-0.39, 0.29) is 0 Å². The van der Waals surface area contributed by atoms with Crippen LogP contribution in [-0.2, 0) is 0 Å². The predicted octanol–water partition coefficient (Wildman–Crippen LogP) is 16.5. The molecule has 60 heavy (non-hydrogen) atoms. The normalized spacial score (nSPS) is 11.3. The SMILES string of the molecule is c1ccc(-c2cc(-c3ccccc3)cc(-c3ccc(N(c4ccc(-c5cccc6ccccc56)cc4)c4ccc(-c5cccc6c5oc5ccccc56)cc4)cc3)c2)cc1. The number of anilines is 3. The number of fused-ring (bicyclic) bond motifs is 4. The molecule has 0 N–H and O–H groups in total. The molecule has 10 aromatic carbocycles. The minimum Gasteiger partial charge on any atom is -0.455 e. The second kappa shape index (κ2) is 15.1. The van der Waals surface area contributed by atoms with E-state index in [0.717, 1.165) is 55.7 Å². The van der Waals surface area contributed by atoms with Gasteiger partial charge in [-0.05, 0) is 122 Å². The van der Waals surface area contributed by atoms with Crippen molar-refractivity contribution in [2.45, 2.75) is 0 Å². The van der Waals surface area contributed by atoms with Gasteiger partial charge < -0.3 is 9.32 Å². The Hall–Kier alpha value is -7.94. The quantitative estimate of drug-likeness (QED) is 0.153. The molecule has 0 saturated carbocycles. The smallest absolute Gasteiger partial charge is 0.143 e. The summed E-state index contributed by atoms with van der Waals surface area (Å²) in [6, 6.07) is 84.9. The summed E-state index contributed by atoms with van der Waals surface area (Å²) < 4.78 is 6.43. The zero-order chi connectivity index (χ0) is 39.8. The number of para-hydroxylation sites is 2. The fraction of sp³-hybridized carbons (Fsp3) is 0. The fourth-order valence-electron chi connectivity index (χ4n) is 8.67. The number of rotatable bonds is 8. The Balaban J connectivity index is 0.999. The highest BCUT2D eigenvalue weighted by atomic mass is 16.3. The third kappa shape index (κ3) is 6.51. The molecule has 0 bridgehead atoms. The minimum absolute atomic E-state index is 0.904. The van der Waals surface area contributed by atoms with Crippen LogP contribution in [-0.4, -0.2) is 0 Å². The lowest BCUT2D eigenvalue weighted by atomic mass is 9.93. The van der Waals surface area contributed by atoms with Crippen molar-refractivity contribution < 1.29 is 4.42 Å². The Bertz CT molecular complexity index is 3210. The Kier molecular flexibility index (Phi) is 8.87. The standard InChI is InChI=1S/C58H39NO/c1-3-13-40(14-4-1)46-37-47(41-15-5-2-6-16-41)39-48(38-46)42-25-31-49(32-26-42)59(50-33-27-44(28-34-50)53-21-11-18-43-17-7-8-19-52(43)53)51-35-29-45(30-36-51)54-22-12-23-56-55-20-9-10-24-57(55)60-58(54)56/h1-39H. The third-order valence-corrected chi connectivity index (χ3v) is 11.7. The molecule has 0 amide bonds. The van der Waals surface area contributed by atoms with Crippen LogP contribution >= 0.6 is 0 Å². The molecule has 282 valence electrons. The number of nitrogens with zero attached hydrogens (tertiary/aromatic N) is 1. The average Bonchev–Trinajstić information content (AvgIpc) is 3.72. The monoisotopic (exact) mass is 765 g/mol. The third-order valence-electron chi connectivity index (χ3n) is 11.7. The summed E-state index contributed by atoms with van der Waals surface area (Å²) >= 11 is 0. The summed E-state index contributed by atoms with van der Waals surface area (Å²) in [7, 11) is 0. The maximum absolute atomic E-state index is 6.43. The van der Waals surface area contributed by atoms with Crippen LogP contribution in [0.2, 0.25) is 0 Å². The van der Waals surface area contributed by atoms with E-state index >= 15 is 0 Å². The van der Waals surface area contributed by atoms with Crippen molar-refractivity contribution in [3.8, 4) is 55.6 Å². The second-order valence-electron chi connectivity index (χ2n) is 15.3. The second-order valence-corrected chi connectivity index (χ2v) is 15.3. The van der Waals surface area contributed by atoms with Gasteiger partial charge in [0.15, 0.2) is 0 Å². The first-order valence-electron chi connectivity index (χ1n) is 20.5. The Morgan fingerprint density at radius 2 is 0.683 bits per heavy atom.